The largest absolute Gasteiger partial charge is 0.378 e. The van der Waals surface area contributed by atoms with Crippen molar-refractivity contribution in [3.63, 3.8) is 0 Å². The Bertz CT molecular complexity index is 913. The first-order valence-corrected chi connectivity index (χ1v) is 12.2. The smallest absolute Gasteiger partial charge is 0.239 e. The molecule has 3 aliphatic rings. The molecule has 146 valence electrons. The van der Waals surface area contributed by atoms with Crippen molar-refractivity contribution < 1.29 is 14.0 Å². The topological polar surface area (TPSA) is 24.7 Å². The average molecular weight is 432 g/mol. The number of allylic oxidation sites excluding steroid dienone is 1. The summed E-state index contributed by atoms with van der Waals surface area (Å²) in [7, 11) is 0. The molecule has 2 aromatic heterocycles. The molecule has 2 saturated heterocycles. The molecule has 0 N–H and O–H groups in total. The number of thiophene rings is 2. The fraction of sp³-hybridized carbons (Fsp3) is 0.381. The van der Waals surface area contributed by atoms with Crippen molar-refractivity contribution >= 4 is 50.1 Å². The number of morpholine rings is 2. The van der Waals surface area contributed by atoms with E-state index >= 15 is 0 Å². The van der Waals surface area contributed by atoms with Crippen LogP contribution in [-0.2, 0) is 9.47 Å². The Morgan fingerprint density at radius 3 is 2.54 bits per heavy atom. The van der Waals surface area contributed by atoms with Crippen LogP contribution < -0.4 is 4.90 Å². The molecule has 0 atom stereocenters. The monoisotopic (exact) mass is 431 g/mol. The minimum Gasteiger partial charge on any atom is -0.378 e. The second-order valence-electron chi connectivity index (χ2n) is 6.83. The van der Waals surface area contributed by atoms with Crippen molar-refractivity contribution in [3.05, 3.63) is 56.5 Å². The van der Waals surface area contributed by atoms with E-state index in [4.69, 9.17) is 9.47 Å². The number of hydrogen-bond acceptors (Lipinski definition) is 6. The quantitative estimate of drug-likeness (QED) is 0.682. The van der Waals surface area contributed by atoms with Crippen molar-refractivity contribution in [3.8, 4) is 0 Å². The van der Waals surface area contributed by atoms with Gasteiger partial charge in [0, 0.05) is 39.4 Å². The second-order valence-corrected chi connectivity index (χ2v) is 9.90. The average Bonchev–Trinajstić information content (AvgIpc) is 3.53. The molecule has 28 heavy (non-hydrogen) atoms. The van der Waals surface area contributed by atoms with Crippen LogP contribution in [-0.4, -0.2) is 62.2 Å². The van der Waals surface area contributed by atoms with Gasteiger partial charge in [-0.05, 0) is 41.4 Å². The summed E-state index contributed by atoms with van der Waals surface area (Å²) in [5, 5.41) is 4.86. The summed E-state index contributed by atoms with van der Waals surface area (Å²) in [5.41, 5.74) is 1.36. The maximum absolute atomic E-state index is 5.51. The van der Waals surface area contributed by atoms with Crippen molar-refractivity contribution in [1.29, 1.82) is 0 Å². The van der Waals surface area contributed by atoms with Gasteiger partial charge in [0.2, 0.25) is 5.04 Å². The Morgan fingerprint density at radius 1 is 0.929 bits per heavy atom. The molecule has 0 aliphatic carbocycles. The molecule has 0 spiro atoms. The molecule has 0 aromatic carbocycles. The van der Waals surface area contributed by atoms with E-state index in [1.54, 1.807) is 0 Å². The van der Waals surface area contributed by atoms with Crippen molar-refractivity contribution in [2.24, 2.45) is 0 Å². The van der Waals surface area contributed by atoms with E-state index in [1.807, 2.05) is 34.4 Å². The number of hydrogen-bond donors (Lipinski definition) is 0. The second kappa shape index (κ2) is 8.55. The van der Waals surface area contributed by atoms with Gasteiger partial charge in [0.25, 0.3) is 0 Å². The van der Waals surface area contributed by atoms with Gasteiger partial charge in [-0.3, -0.25) is 0 Å². The van der Waals surface area contributed by atoms with Crippen LogP contribution in [0.5, 0.6) is 0 Å². The van der Waals surface area contributed by atoms with Crippen molar-refractivity contribution in [1.82, 2.24) is 0 Å². The van der Waals surface area contributed by atoms with Gasteiger partial charge in [-0.25, -0.2) is 4.58 Å². The molecule has 5 rings (SSSR count). The van der Waals surface area contributed by atoms with E-state index in [9.17, 15) is 0 Å². The zero-order valence-electron chi connectivity index (χ0n) is 15.6. The van der Waals surface area contributed by atoms with Crippen molar-refractivity contribution in [2.75, 3.05) is 57.5 Å². The van der Waals surface area contributed by atoms with Gasteiger partial charge in [-0.15, -0.1) is 22.7 Å². The molecule has 7 heteroatoms. The molecular weight excluding hydrogens is 408 g/mol. The predicted molar refractivity (Wildman–Crippen MR) is 120 cm³/mol. The number of thioether (sulfide) groups is 1. The first kappa shape index (κ1) is 18.6. The summed E-state index contributed by atoms with van der Waals surface area (Å²) in [4.78, 5) is 6.47. The summed E-state index contributed by atoms with van der Waals surface area (Å²) in [6.45, 7) is 7.21. The lowest BCUT2D eigenvalue weighted by atomic mass is 10.1. The lowest BCUT2D eigenvalue weighted by Crippen LogP contribution is -2.35. The molecule has 0 unspecified atom stereocenters. The third kappa shape index (κ3) is 3.86. The highest BCUT2D eigenvalue weighted by Gasteiger charge is 2.26. The molecule has 0 amide bonds. The maximum Gasteiger partial charge on any atom is 0.239 e. The van der Waals surface area contributed by atoms with E-state index in [-0.39, 0.29) is 0 Å². The van der Waals surface area contributed by atoms with Crippen LogP contribution in [0.25, 0.3) is 5.57 Å². The highest BCUT2D eigenvalue weighted by molar-refractivity contribution is 8.18. The lowest BCUT2D eigenvalue weighted by Gasteiger charge is -2.27. The third-order valence-electron chi connectivity index (χ3n) is 5.09. The summed E-state index contributed by atoms with van der Waals surface area (Å²) in [6, 6.07) is 8.95. The van der Waals surface area contributed by atoms with Crippen LogP contribution in [0.3, 0.4) is 0 Å². The van der Waals surface area contributed by atoms with Crippen LogP contribution in [0.4, 0.5) is 5.00 Å². The minimum atomic E-state index is 0.822. The van der Waals surface area contributed by atoms with E-state index in [0.717, 1.165) is 52.6 Å². The maximum atomic E-state index is 5.51. The van der Waals surface area contributed by atoms with E-state index in [1.165, 1.54) is 30.3 Å². The Balaban J connectivity index is 1.49. The molecule has 2 aromatic rings. The van der Waals surface area contributed by atoms with Gasteiger partial charge in [0.1, 0.15) is 13.2 Å². The molecule has 0 saturated carbocycles. The minimum absolute atomic E-state index is 0.822. The SMILES string of the molecule is C1=CC(=[N+]2CCOCC2)SC1=C(c1cccs1)c1ccc(N2CCOCC2)s1. The van der Waals surface area contributed by atoms with E-state index in [2.05, 4.69) is 51.3 Å². The fourth-order valence-electron chi connectivity index (χ4n) is 3.62. The van der Waals surface area contributed by atoms with Gasteiger partial charge < -0.3 is 14.4 Å². The normalized spacial score (nSPS) is 22.2. The van der Waals surface area contributed by atoms with Crippen molar-refractivity contribution in [2.45, 2.75) is 0 Å². The van der Waals surface area contributed by atoms with E-state index in [0.29, 0.717) is 0 Å². The summed E-state index contributed by atoms with van der Waals surface area (Å²) in [6.07, 6.45) is 4.56. The number of rotatable bonds is 3. The molecule has 0 bridgehead atoms. The zero-order valence-corrected chi connectivity index (χ0v) is 18.1. The lowest BCUT2D eigenvalue weighted by molar-refractivity contribution is -0.546. The highest BCUT2D eigenvalue weighted by atomic mass is 32.2. The summed E-state index contributed by atoms with van der Waals surface area (Å²) in [5.74, 6) is 0. The van der Waals surface area contributed by atoms with Gasteiger partial charge in [-0.2, -0.15) is 0 Å². The summed E-state index contributed by atoms with van der Waals surface area (Å²) >= 11 is 5.62. The Morgan fingerprint density at radius 2 is 1.75 bits per heavy atom. The predicted octanol–water partition coefficient (Wildman–Crippen LogP) is 4.15. The van der Waals surface area contributed by atoms with Crippen LogP contribution in [0, 0.1) is 0 Å². The van der Waals surface area contributed by atoms with E-state index < -0.39 is 0 Å². The Hall–Kier alpha value is -1.38. The molecular formula is C21H23N2O2S3+. The Labute approximate surface area is 177 Å². The zero-order chi connectivity index (χ0) is 18.8. The standard InChI is InChI=1S/C21H23N2O2S3/c1-2-16(26-15-1)21(17-3-5-19(27-17)22-7-11-24-12-8-22)18-4-6-20(28-18)23-9-13-25-14-10-23/h1-6,15H,7-14H2/q+1. The number of nitrogens with zero attached hydrogens (tertiary/aromatic N) is 2. The first-order valence-electron chi connectivity index (χ1n) is 9.65. The van der Waals surface area contributed by atoms with Gasteiger partial charge in [0.05, 0.1) is 18.2 Å². The molecule has 2 fully saturated rings. The molecule has 4 nitrogen and oxygen atoms in total. The van der Waals surface area contributed by atoms with Gasteiger partial charge in [0.15, 0.2) is 13.1 Å². The molecule has 0 radical (unpaired) electrons. The van der Waals surface area contributed by atoms with Crippen LogP contribution in [0.1, 0.15) is 9.75 Å². The third-order valence-corrected chi connectivity index (χ3v) is 8.30. The van der Waals surface area contributed by atoms with Crippen LogP contribution in [0.2, 0.25) is 0 Å². The fourth-order valence-corrected chi connectivity index (χ4v) is 6.87. The molecule has 5 heterocycles. The van der Waals surface area contributed by atoms with Gasteiger partial charge in [-0.1, -0.05) is 6.07 Å². The summed E-state index contributed by atoms with van der Waals surface area (Å²) < 4.78 is 13.5. The highest BCUT2D eigenvalue weighted by Crippen LogP contribution is 2.43. The number of anilines is 1. The van der Waals surface area contributed by atoms with Crippen LogP contribution in [0.15, 0.2) is 46.7 Å². The molecule has 3 aliphatic heterocycles. The van der Waals surface area contributed by atoms with Gasteiger partial charge >= 0.3 is 0 Å². The first-order chi connectivity index (χ1) is 13.9. The Kier molecular flexibility index (Phi) is 5.69. The van der Waals surface area contributed by atoms with Crippen LogP contribution >= 0.6 is 34.4 Å². The number of ether oxygens (including phenoxy) is 2.